The van der Waals surface area contributed by atoms with E-state index in [1.54, 1.807) is 25.2 Å². The quantitative estimate of drug-likeness (QED) is 0.836. The van der Waals surface area contributed by atoms with E-state index in [-0.39, 0.29) is 21.3 Å². The lowest BCUT2D eigenvalue weighted by Gasteiger charge is -2.10. The van der Waals surface area contributed by atoms with Gasteiger partial charge in [0.05, 0.1) is 22.6 Å². The van der Waals surface area contributed by atoms with Gasteiger partial charge in [0.15, 0.2) is 0 Å². The molecule has 2 rings (SSSR count). The molecule has 0 aliphatic carbocycles. The van der Waals surface area contributed by atoms with Gasteiger partial charge in [0.1, 0.15) is 4.90 Å². The second-order valence-electron chi connectivity index (χ2n) is 3.66. The third kappa shape index (κ3) is 2.41. The van der Waals surface area contributed by atoms with E-state index in [1.807, 2.05) is 0 Å². The molecule has 0 spiro atoms. The zero-order valence-electron chi connectivity index (χ0n) is 9.46. The number of nitrogen functional groups attached to an aromatic ring is 1. The first-order valence-electron chi connectivity index (χ1n) is 4.95. The van der Waals surface area contributed by atoms with Crippen molar-refractivity contribution in [2.45, 2.75) is 4.90 Å². The van der Waals surface area contributed by atoms with Crippen LogP contribution in [0, 0.1) is 0 Å². The first kappa shape index (κ1) is 12.7. The van der Waals surface area contributed by atoms with E-state index in [2.05, 4.69) is 9.82 Å². The summed E-state index contributed by atoms with van der Waals surface area (Å²) in [5.41, 5.74) is 6.11. The Morgan fingerprint density at radius 3 is 2.72 bits per heavy atom. The van der Waals surface area contributed by atoms with Gasteiger partial charge in [0.25, 0.3) is 10.0 Å². The number of aryl methyl sites for hydroxylation is 1. The molecule has 0 fully saturated rings. The fraction of sp³-hybridized carbons (Fsp3) is 0.100. The molecule has 0 unspecified atom stereocenters. The van der Waals surface area contributed by atoms with Gasteiger partial charge in [-0.25, -0.2) is 8.42 Å². The van der Waals surface area contributed by atoms with Crippen LogP contribution in [0.1, 0.15) is 0 Å². The van der Waals surface area contributed by atoms with Gasteiger partial charge in [-0.15, -0.1) is 0 Å². The maximum Gasteiger partial charge on any atom is 0.265 e. The predicted octanol–water partition coefficient (Wildman–Crippen LogP) is 1.46. The normalized spacial score (nSPS) is 11.4. The third-order valence-corrected chi connectivity index (χ3v) is 3.89. The van der Waals surface area contributed by atoms with Crippen molar-refractivity contribution in [3.8, 4) is 0 Å². The van der Waals surface area contributed by atoms with Crippen molar-refractivity contribution in [3.63, 3.8) is 0 Å². The van der Waals surface area contributed by atoms with Gasteiger partial charge in [-0.05, 0) is 12.1 Å². The molecule has 0 saturated heterocycles. The molecule has 0 aliphatic heterocycles. The summed E-state index contributed by atoms with van der Waals surface area (Å²) in [5, 5.41) is 4.04. The highest BCUT2D eigenvalue weighted by Crippen LogP contribution is 2.29. The number of halogens is 1. The van der Waals surface area contributed by atoms with E-state index in [4.69, 9.17) is 17.3 Å². The molecule has 2 aromatic rings. The summed E-state index contributed by atoms with van der Waals surface area (Å²) < 4.78 is 27.8. The van der Waals surface area contributed by atoms with Crippen molar-refractivity contribution < 1.29 is 8.42 Å². The van der Waals surface area contributed by atoms with E-state index >= 15 is 0 Å². The number of nitrogens with two attached hydrogens (primary N) is 1. The highest BCUT2D eigenvalue weighted by molar-refractivity contribution is 7.92. The molecular formula is C10H11ClN4O2S. The predicted molar refractivity (Wildman–Crippen MR) is 69.9 cm³/mol. The molecule has 8 heteroatoms. The van der Waals surface area contributed by atoms with Crippen molar-refractivity contribution in [2.75, 3.05) is 10.5 Å². The van der Waals surface area contributed by atoms with Crippen LogP contribution in [-0.4, -0.2) is 18.2 Å². The molecule has 3 N–H and O–H groups in total. The molecule has 1 aromatic heterocycles. The summed E-state index contributed by atoms with van der Waals surface area (Å²) >= 11 is 5.90. The van der Waals surface area contributed by atoms with Crippen LogP contribution in [0.2, 0.25) is 5.02 Å². The van der Waals surface area contributed by atoms with Crippen LogP contribution in [0.25, 0.3) is 0 Å². The average Bonchev–Trinajstić information content (AvgIpc) is 2.71. The maximum absolute atomic E-state index is 12.0. The fourth-order valence-corrected chi connectivity index (χ4v) is 2.76. The highest BCUT2D eigenvalue weighted by atomic mass is 35.5. The van der Waals surface area contributed by atoms with Gasteiger partial charge in [0, 0.05) is 13.2 Å². The van der Waals surface area contributed by atoms with Crippen LogP contribution in [0.5, 0.6) is 0 Å². The fourth-order valence-electron chi connectivity index (χ4n) is 1.38. The van der Waals surface area contributed by atoms with Crippen molar-refractivity contribution >= 4 is 33.0 Å². The standard InChI is InChI=1S/C10H11ClN4O2S/c1-15-6-7(5-13-15)18(16,17)14-10-8(11)3-2-4-9(10)12/h2-6,14H,12H2,1H3. The minimum Gasteiger partial charge on any atom is -0.397 e. The third-order valence-electron chi connectivity index (χ3n) is 2.27. The van der Waals surface area contributed by atoms with Crippen molar-refractivity contribution in [1.82, 2.24) is 9.78 Å². The van der Waals surface area contributed by atoms with E-state index in [1.165, 1.54) is 17.1 Å². The van der Waals surface area contributed by atoms with Gasteiger partial charge in [0.2, 0.25) is 0 Å². The summed E-state index contributed by atoms with van der Waals surface area (Å²) in [6.07, 6.45) is 2.63. The Bertz CT molecular complexity index is 661. The summed E-state index contributed by atoms with van der Waals surface area (Å²) in [4.78, 5) is 0.0457. The van der Waals surface area contributed by atoms with Crippen molar-refractivity contribution in [3.05, 3.63) is 35.6 Å². The Morgan fingerprint density at radius 1 is 1.44 bits per heavy atom. The Balaban J connectivity index is 2.40. The molecule has 1 aromatic carbocycles. The lowest BCUT2D eigenvalue weighted by Crippen LogP contribution is -2.14. The Kier molecular flexibility index (Phi) is 3.18. The highest BCUT2D eigenvalue weighted by Gasteiger charge is 2.18. The number of nitrogens with zero attached hydrogens (tertiary/aromatic N) is 2. The van der Waals surface area contributed by atoms with Crippen LogP contribution in [-0.2, 0) is 17.1 Å². The number of aromatic nitrogens is 2. The van der Waals surface area contributed by atoms with E-state index in [9.17, 15) is 8.42 Å². The molecule has 96 valence electrons. The van der Waals surface area contributed by atoms with Gasteiger partial charge >= 0.3 is 0 Å². The topological polar surface area (TPSA) is 90.0 Å². The number of nitrogens with one attached hydrogen (secondary N) is 1. The Labute approximate surface area is 109 Å². The monoisotopic (exact) mass is 286 g/mol. The Hall–Kier alpha value is -1.73. The molecule has 0 aliphatic rings. The van der Waals surface area contributed by atoms with Crippen molar-refractivity contribution in [2.24, 2.45) is 7.05 Å². The Morgan fingerprint density at radius 2 is 2.17 bits per heavy atom. The minimum atomic E-state index is -3.74. The van der Waals surface area contributed by atoms with Crippen LogP contribution in [0.4, 0.5) is 11.4 Å². The second kappa shape index (κ2) is 4.51. The molecular weight excluding hydrogens is 276 g/mol. The van der Waals surface area contributed by atoms with Crippen LogP contribution in [0.3, 0.4) is 0 Å². The number of rotatable bonds is 3. The number of benzene rings is 1. The molecule has 18 heavy (non-hydrogen) atoms. The van der Waals surface area contributed by atoms with Gasteiger partial charge in [-0.1, -0.05) is 17.7 Å². The molecule has 0 bridgehead atoms. The number of hydrogen-bond donors (Lipinski definition) is 2. The van der Waals surface area contributed by atoms with Crippen LogP contribution >= 0.6 is 11.6 Å². The maximum atomic E-state index is 12.0. The van der Waals surface area contributed by atoms with E-state index in [0.717, 1.165) is 0 Å². The smallest absolute Gasteiger partial charge is 0.265 e. The van der Waals surface area contributed by atoms with Gasteiger partial charge < -0.3 is 5.73 Å². The van der Waals surface area contributed by atoms with E-state index in [0.29, 0.717) is 0 Å². The number of para-hydroxylation sites is 1. The lowest BCUT2D eigenvalue weighted by molar-refractivity contribution is 0.601. The summed E-state index contributed by atoms with van der Waals surface area (Å²) in [6.45, 7) is 0. The van der Waals surface area contributed by atoms with Gasteiger partial charge in [-0.3, -0.25) is 9.40 Å². The second-order valence-corrected chi connectivity index (χ2v) is 5.75. The van der Waals surface area contributed by atoms with Crippen molar-refractivity contribution in [1.29, 1.82) is 0 Å². The summed E-state index contributed by atoms with van der Waals surface area (Å²) in [7, 11) is -2.11. The molecule has 0 amide bonds. The number of hydrogen-bond acceptors (Lipinski definition) is 4. The van der Waals surface area contributed by atoms with Gasteiger partial charge in [-0.2, -0.15) is 5.10 Å². The zero-order valence-corrected chi connectivity index (χ0v) is 11.0. The lowest BCUT2D eigenvalue weighted by atomic mass is 10.3. The average molecular weight is 287 g/mol. The molecule has 0 atom stereocenters. The first-order valence-corrected chi connectivity index (χ1v) is 6.82. The van der Waals surface area contributed by atoms with Crippen LogP contribution < -0.4 is 10.5 Å². The molecule has 6 nitrogen and oxygen atoms in total. The van der Waals surface area contributed by atoms with E-state index < -0.39 is 10.0 Å². The molecule has 0 saturated carbocycles. The summed E-state index contributed by atoms with van der Waals surface area (Å²) in [5.74, 6) is 0. The minimum absolute atomic E-state index is 0.0457. The number of anilines is 2. The first-order chi connectivity index (χ1) is 8.40. The zero-order chi connectivity index (χ0) is 13.3. The largest absolute Gasteiger partial charge is 0.397 e. The summed E-state index contributed by atoms with van der Waals surface area (Å²) in [6, 6.07) is 4.76. The SMILES string of the molecule is Cn1cc(S(=O)(=O)Nc2c(N)cccc2Cl)cn1. The number of sulfonamides is 1. The molecule has 1 heterocycles. The van der Waals surface area contributed by atoms with Crippen LogP contribution in [0.15, 0.2) is 35.5 Å². The molecule has 0 radical (unpaired) electrons.